The molecular formula is C10H9N6OS2+. The third-order valence-corrected chi connectivity index (χ3v) is 3.49. The van der Waals surface area contributed by atoms with Crippen LogP contribution in [0.15, 0.2) is 24.5 Å². The number of phenolic OH excluding ortho intramolecular Hbond substituents is 1. The molecule has 0 amide bonds. The average Bonchev–Trinajstić information content (AvgIpc) is 2.88. The van der Waals surface area contributed by atoms with Crippen LogP contribution in [0.3, 0.4) is 0 Å². The number of benzene rings is 1. The Morgan fingerprint density at radius 2 is 2.37 bits per heavy atom. The molecule has 96 valence electrons. The number of phenols is 1. The normalized spacial score (nSPS) is 10.7. The number of rotatable bonds is 2. The summed E-state index contributed by atoms with van der Waals surface area (Å²) in [6.45, 7) is 0. The van der Waals surface area contributed by atoms with E-state index in [1.807, 2.05) is 0 Å². The highest BCUT2D eigenvalue weighted by atomic mass is 32.1. The number of fused-ring (bicyclic) bond motifs is 1. The Labute approximate surface area is 116 Å². The zero-order valence-corrected chi connectivity index (χ0v) is 11.1. The van der Waals surface area contributed by atoms with Crippen LogP contribution in [-0.2, 0) is 0 Å². The second-order valence-corrected chi connectivity index (χ2v) is 5.15. The number of nitrogens with two attached hydrogens (primary N) is 1. The number of aromatic amines is 1. The zero-order valence-electron chi connectivity index (χ0n) is 9.49. The SMILES string of the molecule is NC(=S)Nc1ccc(-c2n[n+]3cn[nH]c3s2)c(O)c1. The average molecular weight is 293 g/mol. The van der Waals surface area contributed by atoms with Crippen LogP contribution in [0.1, 0.15) is 0 Å². The second-order valence-electron chi connectivity index (χ2n) is 3.73. The van der Waals surface area contributed by atoms with Crippen molar-refractivity contribution in [1.29, 1.82) is 0 Å². The van der Waals surface area contributed by atoms with Gasteiger partial charge < -0.3 is 16.2 Å². The number of hydrogen-bond acceptors (Lipinski definition) is 5. The monoisotopic (exact) mass is 293 g/mol. The molecule has 0 aliphatic carbocycles. The molecule has 5 N–H and O–H groups in total. The minimum absolute atomic E-state index is 0.103. The maximum Gasteiger partial charge on any atom is 0.342 e. The van der Waals surface area contributed by atoms with E-state index >= 15 is 0 Å². The molecule has 0 radical (unpaired) electrons. The van der Waals surface area contributed by atoms with E-state index in [0.717, 1.165) is 4.96 Å². The van der Waals surface area contributed by atoms with Gasteiger partial charge in [0.15, 0.2) is 10.1 Å². The summed E-state index contributed by atoms with van der Waals surface area (Å²) in [6, 6.07) is 5.07. The number of anilines is 1. The molecule has 9 heteroatoms. The molecule has 0 aliphatic heterocycles. The van der Waals surface area contributed by atoms with E-state index in [9.17, 15) is 5.11 Å². The number of aromatic hydroxyl groups is 1. The van der Waals surface area contributed by atoms with Gasteiger partial charge in [-0.15, -0.1) is 5.10 Å². The molecule has 1 aromatic carbocycles. The van der Waals surface area contributed by atoms with Crippen LogP contribution in [0.4, 0.5) is 5.69 Å². The van der Waals surface area contributed by atoms with Gasteiger partial charge in [-0.25, -0.2) is 0 Å². The topological polar surface area (TPSA) is 104 Å². The number of H-pyrrole nitrogens is 1. The lowest BCUT2D eigenvalue weighted by atomic mass is 10.2. The Morgan fingerprint density at radius 1 is 1.53 bits per heavy atom. The van der Waals surface area contributed by atoms with Crippen LogP contribution >= 0.6 is 23.6 Å². The van der Waals surface area contributed by atoms with E-state index < -0.39 is 0 Å². The smallest absolute Gasteiger partial charge is 0.342 e. The van der Waals surface area contributed by atoms with Crippen molar-refractivity contribution in [2.45, 2.75) is 0 Å². The van der Waals surface area contributed by atoms with Gasteiger partial charge >= 0.3 is 4.96 Å². The van der Waals surface area contributed by atoms with Gasteiger partial charge in [0.05, 0.1) is 5.56 Å². The summed E-state index contributed by atoms with van der Waals surface area (Å²) in [4.78, 5) is 0.791. The molecule has 3 aromatic rings. The first kappa shape index (κ1) is 11.8. The van der Waals surface area contributed by atoms with E-state index in [-0.39, 0.29) is 10.9 Å². The molecule has 2 aromatic heterocycles. The highest BCUT2D eigenvalue weighted by Crippen LogP contribution is 2.32. The second kappa shape index (κ2) is 4.44. The molecule has 0 spiro atoms. The maximum absolute atomic E-state index is 10.0. The van der Waals surface area contributed by atoms with Crippen molar-refractivity contribution in [3.8, 4) is 16.3 Å². The van der Waals surface area contributed by atoms with Gasteiger partial charge in [0.1, 0.15) is 5.75 Å². The predicted molar refractivity (Wildman–Crippen MR) is 74.9 cm³/mol. The molecule has 2 heterocycles. The fourth-order valence-electron chi connectivity index (χ4n) is 1.63. The first-order valence-electron chi connectivity index (χ1n) is 5.25. The Morgan fingerprint density at radius 3 is 3.05 bits per heavy atom. The van der Waals surface area contributed by atoms with Crippen LogP contribution < -0.4 is 15.6 Å². The number of hydrogen-bond donors (Lipinski definition) is 4. The Bertz CT molecular complexity index is 736. The maximum atomic E-state index is 10.0. The van der Waals surface area contributed by atoms with Crippen molar-refractivity contribution in [1.82, 2.24) is 15.3 Å². The van der Waals surface area contributed by atoms with E-state index in [1.165, 1.54) is 11.3 Å². The summed E-state index contributed by atoms with van der Waals surface area (Å²) >= 11 is 6.13. The van der Waals surface area contributed by atoms with Crippen molar-refractivity contribution in [3.05, 3.63) is 24.5 Å². The molecule has 7 nitrogen and oxygen atoms in total. The van der Waals surface area contributed by atoms with Crippen LogP contribution in [0, 0.1) is 0 Å². The summed E-state index contributed by atoms with van der Waals surface area (Å²) in [7, 11) is 0. The van der Waals surface area contributed by atoms with Crippen molar-refractivity contribution in [2.24, 2.45) is 5.73 Å². The summed E-state index contributed by atoms with van der Waals surface area (Å²) in [5.74, 6) is 0.103. The Balaban J connectivity index is 2.00. The summed E-state index contributed by atoms with van der Waals surface area (Å²) < 4.78 is 1.61. The van der Waals surface area contributed by atoms with Gasteiger partial charge in [-0.05, 0) is 35.7 Å². The molecule has 0 fully saturated rings. The number of nitrogens with zero attached hydrogens (tertiary/aromatic N) is 3. The lowest BCUT2D eigenvalue weighted by Crippen LogP contribution is -2.19. The summed E-state index contributed by atoms with van der Waals surface area (Å²) in [5.41, 5.74) is 6.64. The fraction of sp³-hybridized carbons (Fsp3) is 0. The molecule has 19 heavy (non-hydrogen) atoms. The fourth-order valence-corrected chi connectivity index (χ4v) is 2.63. The van der Waals surface area contributed by atoms with E-state index in [0.29, 0.717) is 16.3 Å². The molecule has 0 unspecified atom stereocenters. The molecule has 0 atom stereocenters. The largest absolute Gasteiger partial charge is 0.507 e. The first-order valence-corrected chi connectivity index (χ1v) is 6.47. The van der Waals surface area contributed by atoms with Crippen molar-refractivity contribution in [2.75, 3.05) is 5.32 Å². The van der Waals surface area contributed by atoms with E-state index in [2.05, 4.69) is 20.6 Å². The zero-order chi connectivity index (χ0) is 13.4. The lowest BCUT2D eigenvalue weighted by molar-refractivity contribution is -0.575. The van der Waals surface area contributed by atoms with Gasteiger partial charge in [-0.1, -0.05) is 9.61 Å². The number of nitrogens with one attached hydrogen (secondary N) is 2. The third-order valence-electron chi connectivity index (χ3n) is 2.42. The first-order chi connectivity index (χ1) is 9.13. The summed E-state index contributed by atoms with van der Waals surface area (Å²) in [5, 5.41) is 24.6. The van der Waals surface area contributed by atoms with Gasteiger partial charge in [0.2, 0.25) is 0 Å². The number of aromatic nitrogens is 4. The molecular weight excluding hydrogens is 284 g/mol. The van der Waals surface area contributed by atoms with Crippen molar-refractivity contribution in [3.63, 3.8) is 0 Å². The van der Waals surface area contributed by atoms with Crippen LogP contribution in [0.25, 0.3) is 15.5 Å². The van der Waals surface area contributed by atoms with Gasteiger partial charge in [0.25, 0.3) is 6.33 Å². The number of thiocarbonyl (C=S) groups is 1. The minimum atomic E-state index is 0.103. The Kier molecular flexibility index (Phi) is 2.76. The lowest BCUT2D eigenvalue weighted by Gasteiger charge is -2.06. The minimum Gasteiger partial charge on any atom is -0.507 e. The van der Waals surface area contributed by atoms with Crippen molar-refractivity contribution < 1.29 is 9.62 Å². The molecule has 0 aliphatic rings. The molecule has 0 saturated heterocycles. The standard InChI is InChI=1S/C10H8N6OS2/c11-9(18)13-5-1-2-6(7(17)3-5)8-15-16-4-12-14-10(16)19-8/h1-4H,(H4,11,13,15,17,18)/p+1. The highest BCUT2D eigenvalue weighted by Gasteiger charge is 2.15. The molecule has 3 rings (SSSR count). The highest BCUT2D eigenvalue weighted by molar-refractivity contribution is 7.80. The molecule has 0 saturated carbocycles. The summed E-state index contributed by atoms with van der Waals surface area (Å²) in [6.07, 6.45) is 1.56. The Hall–Kier alpha value is -2.26. The van der Waals surface area contributed by atoms with Crippen LogP contribution in [0.5, 0.6) is 5.75 Å². The predicted octanol–water partition coefficient (Wildman–Crippen LogP) is 0.633. The van der Waals surface area contributed by atoms with Crippen molar-refractivity contribution >= 4 is 39.3 Å². The van der Waals surface area contributed by atoms with Crippen LogP contribution in [-0.4, -0.2) is 25.5 Å². The van der Waals surface area contributed by atoms with E-state index in [1.54, 1.807) is 29.0 Å². The van der Waals surface area contributed by atoms with Gasteiger partial charge in [-0.2, -0.15) is 0 Å². The van der Waals surface area contributed by atoms with Crippen LogP contribution in [0.2, 0.25) is 0 Å². The van der Waals surface area contributed by atoms with Gasteiger partial charge in [-0.3, -0.25) is 0 Å². The van der Waals surface area contributed by atoms with Gasteiger partial charge in [0, 0.05) is 16.9 Å². The van der Waals surface area contributed by atoms with E-state index in [4.69, 9.17) is 18.0 Å². The third kappa shape index (κ3) is 2.20. The molecule has 0 bridgehead atoms. The quantitative estimate of drug-likeness (QED) is 0.408.